The first-order valence-electron chi connectivity index (χ1n) is 9.46. The molecule has 0 spiro atoms. The molecule has 1 atom stereocenters. The molecule has 5 heteroatoms. The summed E-state index contributed by atoms with van der Waals surface area (Å²) >= 11 is 6.00. The Bertz CT molecular complexity index is 903. The van der Waals surface area contributed by atoms with Gasteiger partial charge in [-0.25, -0.2) is 4.39 Å². The van der Waals surface area contributed by atoms with Crippen molar-refractivity contribution in [3.8, 4) is 5.75 Å². The van der Waals surface area contributed by atoms with E-state index in [1.54, 1.807) is 6.07 Å². The summed E-state index contributed by atoms with van der Waals surface area (Å²) in [5, 5.41) is 9.52. The van der Waals surface area contributed by atoms with Gasteiger partial charge < -0.3 is 9.84 Å². The van der Waals surface area contributed by atoms with E-state index in [9.17, 15) is 9.18 Å². The van der Waals surface area contributed by atoms with Crippen LogP contribution in [0, 0.1) is 18.7 Å². The third kappa shape index (κ3) is 4.74. The third-order valence-electron chi connectivity index (χ3n) is 5.31. The highest BCUT2D eigenvalue weighted by Crippen LogP contribution is 2.39. The monoisotopic (exact) mass is 402 g/mol. The molecule has 28 heavy (non-hydrogen) atoms. The molecule has 0 bridgehead atoms. The number of carboxylic acids is 1. The zero-order valence-electron chi connectivity index (χ0n) is 16.1. The predicted molar refractivity (Wildman–Crippen MR) is 109 cm³/mol. The van der Waals surface area contributed by atoms with Crippen LogP contribution in [0.15, 0.2) is 42.0 Å². The van der Waals surface area contributed by atoms with Crippen LogP contribution in [0.4, 0.5) is 4.39 Å². The summed E-state index contributed by atoms with van der Waals surface area (Å²) in [7, 11) is 0. The number of halogens is 2. The minimum atomic E-state index is -0.892. The molecule has 2 aromatic rings. The highest BCUT2D eigenvalue weighted by molar-refractivity contribution is 6.30. The highest BCUT2D eigenvalue weighted by Gasteiger charge is 2.24. The normalized spacial score (nSPS) is 16.5. The summed E-state index contributed by atoms with van der Waals surface area (Å²) in [6.45, 7) is 4.38. The van der Waals surface area contributed by atoms with E-state index >= 15 is 0 Å². The van der Waals surface area contributed by atoms with Crippen molar-refractivity contribution in [2.24, 2.45) is 5.92 Å². The van der Waals surface area contributed by atoms with Gasteiger partial charge in [-0.2, -0.15) is 0 Å². The minimum Gasteiger partial charge on any atom is -0.486 e. The van der Waals surface area contributed by atoms with Gasteiger partial charge in [-0.15, -0.1) is 0 Å². The van der Waals surface area contributed by atoms with Crippen LogP contribution in [0.2, 0.25) is 5.02 Å². The number of hydrogen-bond donors (Lipinski definition) is 1. The molecule has 1 unspecified atom stereocenters. The van der Waals surface area contributed by atoms with E-state index in [-0.39, 0.29) is 12.2 Å². The van der Waals surface area contributed by atoms with Gasteiger partial charge in [-0.3, -0.25) is 4.79 Å². The molecule has 3 nitrogen and oxygen atoms in total. The number of carboxylic acid groups (broad SMARTS) is 1. The molecular formula is C23H24ClFO3. The number of aliphatic carboxylic acids is 1. The second kappa shape index (κ2) is 8.78. The Kier molecular flexibility index (Phi) is 6.40. The molecule has 0 fully saturated rings. The molecule has 1 aliphatic rings. The fourth-order valence-electron chi connectivity index (χ4n) is 3.77. The standard InChI is InChI=1S/C23H24ClFO3/c1-14-3-4-18(23(14)16-5-8-19(24)9-6-16)13-28-21-11-15(2)17(12-20(21)25)7-10-22(26)27/h5-6,8-9,11-12,14H,3-4,7,10,13H2,1-2H3,(H,26,27). The molecule has 1 N–H and O–H groups in total. The molecule has 0 aliphatic heterocycles. The van der Waals surface area contributed by atoms with Gasteiger partial charge in [0.25, 0.3) is 0 Å². The van der Waals surface area contributed by atoms with Gasteiger partial charge >= 0.3 is 5.97 Å². The highest BCUT2D eigenvalue weighted by atomic mass is 35.5. The molecule has 1 aliphatic carbocycles. The Morgan fingerprint density at radius 1 is 1.29 bits per heavy atom. The van der Waals surface area contributed by atoms with Gasteiger partial charge in [-0.05, 0) is 84.2 Å². The van der Waals surface area contributed by atoms with Crippen molar-refractivity contribution in [1.29, 1.82) is 0 Å². The number of ether oxygens (including phenoxy) is 1. The van der Waals surface area contributed by atoms with E-state index < -0.39 is 11.8 Å². The van der Waals surface area contributed by atoms with Crippen molar-refractivity contribution in [2.45, 2.75) is 39.5 Å². The number of benzene rings is 2. The third-order valence-corrected chi connectivity index (χ3v) is 5.56. The van der Waals surface area contributed by atoms with Gasteiger partial charge in [-0.1, -0.05) is 30.7 Å². The quantitative estimate of drug-likeness (QED) is 0.611. The van der Waals surface area contributed by atoms with E-state index in [1.165, 1.54) is 17.2 Å². The van der Waals surface area contributed by atoms with Gasteiger partial charge in [0, 0.05) is 11.4 Å². The van der Waals surface area contributed by atoms with Crippen molar-refractivity contribution >= 4 is 23.1 Å². The summed E-state index contributed by atoms with van der Waals surface area (Å²) in [6, 6.07) is 10.8. The molecule has 3 rings (SSSR count). The largest absolute Gasteiger partial charge is 0.486 e. The van der Waals surface area contributed by atoms with Crippen molar-refractivity contribution < 1.29 is 19.0 Å². The average molecular weight is 403 g/mol. The lowest BCUT2D eigenvalue weighted by Crippen LogP contribution is -2.05. The predicted octanol–water partition coefficient (Wildman–Crippen LogP) is 6.07. The smallest absolute Gasteiger partial charge is 0.303 e. The molecule has 0 heterocycles. The number of aryl methyl sites for hydroxylation is 2. The van der Waals surface area contributed by atoms with E-state index in [2.05, 4.69) is 6.92 Å². The number of allylic oxidation sites excluding steroid dienone is 1. The molecule has 0 saturated heterocycles. The Morgan fingerprint density at radius 3 is 2.68 bits per heavy atom. The molecule has 148 valence electrons. The minimum absolute atomic E-state index is 0.0181. The lowest BCUT2D eigenvalue weighted by Gasteiger charge is -2.15. The molecule has 0 amide bonds. The summed E-state index contributed by atoms with van der Waals surface area (Å²) in [5.41, 5.74) is 5.11. The van der Waals surface area contributed by atoms with Crippen LogP contribution in [-0.4, -0.2) is 17.7 Å². The van der Waals surface area contributed by atoms with Crippen LogP contribution >= 0.6 is 11.6 Å². The van der Waals surface area contributed by atoms with Gasteiger partial charge in [0.1, 0.15) is 6.61 Å². The van der Waals surface area contributed by atoms with Gasteiger partial charge in [0.05, 0.1) is 0 Å². The van der Waals surface area contributed by atoms with E-state index in [4.69, 9.17) is 21.4 Å². The second-order valence-electron chi connectivity index (χ2n) is 7.36. The molecule has 0 radical (unpaired) electrons. The summed E-state index contributed by atoms with van der Waals surface area (Å²) in [4.78, 5) is 10.7. The molecule has 2 aromatic carbocycles. The van der Waals surface area contributed by atoms with E-state index in [0.717, 1.165) is 24.0 Å². The van der Waals surface area contributed by atoms with Crippen LogP contribution in [0.25, 0.3) is 5.57 Å². The molecule has 0 aromatic heterocycles. The first kappa shape index (κ1) is 20.4. The lowest BCUT2D eigenvalue weighted by molar-refractivity contribution is -0.136. The fourth-order valence-corrected chi connectivity index (χ4v) is 3.89. The maximum absolute atomic E-state index is 14.5. The first-order chi connectivity index (χ1) is 13.3. The second-order valence-corrected chi connectivity index (χ2v) is 7.79. The Labute approximate surface area is 169 Å². The van der Waals surface area contributed by atoms with E-state index in [1.807, 2.05) is 31.2 Å². The van der Waals surface area contributed by atoms with Crippen LogP contribution in [0.5, 0.6) is 5.75 Å². The topological polar surface area (TPSA) is 46.5 Å². The maximum atomic E-state index is 14.5. The SMILES string of the molecule is Cc1cc(OCC2=C(c3ccc(Cl)cc3)C(C)CC2)c(F)cc1CCC(=O)O. The Balaban J connectivity index is 1.77. The van der Waals surface area contributed by atoms with Crippen LogP contribution in [0.3, 0.4) is 0 Å². The first-order valence-corrected chi connectivity index (χ1v) is 9.84. The number of hydrogen-bond acceptors (Lipinski definition) is 2. The zero-order chi connectivity index (χ0) is 20.3. The summed E-state index contributed by atoms with van der Waals surface area (Å²) < 4.78 is 20.3. The van der Waals surface area contributed by atoms with Gasteiger partial charge in [0.2, 0.25) is 0 Å². The molecular weight excluding hydrogens is 379 g/mol. The van der Waals surface area contributed by atoms with Crippen molar-refractivity contribution in [3.63, 3.8) is 0 Å². The molecule has 0 saturated carbocycles. The Hall–Kier alpha value is -2.33. The summed E-state index contributed by atoms with van der Waals surface area (Å²) in [5.74, 6) is -0.716. The fraction of sp³-hybridized carbons (Fsp3) is 0.348. The zero-order valence-corrected chi connectivity index (χ0v) is 16.9. The van der Waals surface area contributed by atoms with Crippen LogP contribution < -0.4 is 4.74 Å². The van der Waals surface area contributed by atoms with Gasteiger partial charge in [0.15, 0.2) is 11.6 Å². The maximum Gasteiger partial charge on any atom is 0.303 e. The van der Waals surface area contributed by atoms with Crippen molar-refractivity contribution in [2.75, 3.05) is 6.61 Å². The Morgan fingerprint density at radius 2 is 2.00 bits per heavy atom. The lowest BCUT2D eigenvalue weighted by atomic mass is 9.95. The van der Waals surface area contributed by atoms with Crippen LogP contribution in [-0.2, 0) is 11.2 Å². The summed E-state index contributed by atoms with van der Waals surface area (Å²) in [6.07, 6.45) is 2.26. The number of carbonyl (C=O) groups is 1. The number of rotatable bonds is 7. The average Bonchev–Trinajstić information content (AvgIpc) is 3.02. The van der Waals surface area contributed by atoms with Crippen molar-refractivity contribution in [3.05, 3.63) is 69.5 Å². The van der Waals surface area contributed by atoms with Crippen LogP contribution in [0.1, 0.15) is 42.9 Å². The van der Waals surface area contributed by atoms with Crippen molar-refractivity contribution in [1.82, 2.24) is 0 Å². The van der Waals surface area contributed by atoms with E-state index in [0.29, 0.717) is 29.5 Å².